The third kappa shape index (κ3) is 2.94. The third-order valence-electron chi connectivity index (χ3n) is 3.67. The summed E-state index contributed by atoms with van der Waals surface area (Å²) in [4.78, 5) is 17.9. The number of fused-ring (bicyclic) bond motifs is 1. The second-order valence-corrected chi connectivity index (χ2v) is 6.54. The zero-order chi connectivity index (χ0) is 17.4. The molecule has 0 bridgehead atoms. The van der Waals surface area contributed by atoms with Crippen LogP contribution in [0.15, 0.2) is 24.3 Å². The lowest BCUT2D eigenvalue weighted by atomic mass is 10.1. The minimum absolute atomic E-state index is 0.0785. The van der Waals surface area contributed by atoms with Gasteiger partial charge in [0.25, 0.3) is 5.91 Å². The van der Waals surface area contributed by atoms with Gasteiger partial charge in [0.15, 0.2) is 11.6 Å². The Kier molecular flexibility index (Phi) is 4.19. The Morgan fingerprint density at radius 1 is 1.25 bits per heavy atom. The molecule has 3 aromatic rings. The zero-order valence-corrected chi connectivity index (χ0v) is 13.9. The van der Waals surface area contributed by atoms with Crippen molar-refractivity contribution in [2.75, 3.05) is 5.73 Å². The second kappa shape index (κ2) is 6.16. The smallest absolute Gasteiger partial charge is 0.263 e. The summed E-state index contributed by atoms with van der Waals surface area (Å²) in [5.74, 6) is -2.23. The molecule has 0 aliphatic rings. The molecule has 0 saturated heterocycles. The number of carbonyl (C=O) groups is 1. The van der Waals surface area contributed by atoms with Gasteiger partial charge >= 0.3 is 0 Å². The van der Waals surface area contributed by atoms with Crippen LogP contribution < -0.4 is 11.1 Å². The van der Waals surface area contributed by atoms with Crippen LogP contribution >= 0.6 is 11.3 Å². The Balaban J connectivity index is 1.85. The van der Waals surface area contributed by atoms with Crippen molar-refractivity contribution < 1.29 is 13.6 Å². The van der Waals surface area contributed by atoms with Gasteiger partial charge in [-0.1, -0.05) is 6.07 Å². The first-order chi connectivity index (χ1) is 11.4. The van der Waals surface area contributed by atoms with Crippen molar-refractivity contribution in [2.45, 2.75) is 20.4 Å². The number of amides is 1. The van der Waals surface area contributed by atoms with Gasteiger partial charge in [-0.3, -0.25) is 4.79 Å². The van der Waals surface area contributed by atoms with Gasteiger partial charge in [0, 0.05) is 17.6 Å². The Morgan fingerprint density at radius 3 is 2.71 bits per heavy atom. The second-order valence-electron chi connectivity index (χ2n) is 5.54. The van der Waals surface area contributed by atoms with E-state index in [0.717, 1.165) is 28.8 Å². The van der Waals surface area contributed by atoms with E-state index in [2.05, 4.69) is 10.3 Å². The number of rotatable bonds is 3. The molecule has 1 amide bonds. The number of carbonyl (C=O) groups excluding carboxylic acids is 1. The largest absolute Gasteiger partial charge is 0.397 e. The van der Waals surface area contributed by atoms with Crippen LogP contribution in [-0.2, 0) is 6.54 Å². The topological polar surface area (TPSA) is 68.0 Å². The van der Waals surface area contributed by atoms with E-state index < -0.39 is 11.6 Å². The van der Waals surface area contributed by atoms with Crippen molar-refractivity contribution in [1.82, 2.24) is 10.3 Å². The first-order valence-corrected chi connectivity index (χ1v) is 8.07. The van der Waals surface area contributed by atoms with Crippen LogP contribution in [0, 0.1) is 25.5 Å². The number of nitrogens with one attached hydrogen (secondary N) is 1. The van der Waals surface area contributed by atoms with Gasteiger partial charge in [0.05, 0.1) is 5.69 Å². The zero-order valence-electron chi connectivity index (χ0n) is 13.1. The minimum Gasteiger partial charge on any atom is -0.397 e. The molecular weight excluding hydrogens is 332 g/mol. The molecule has 4 nitrogen and oxygen atoms in total. The van der Waals surface area contributed by atoms with Crippen molar-refractivity contribution in [3.8, 4) is 0 Å². The summed E-state index contributed by atoms with van der Waals surface area (Å²) >= 11 is 1.22. The number of benzene rings is 1. The molecule has 2 heterocycles. The van der Waals surface area contributed by atoms with Crippen LogP contribution in [0.25, 0.3) is 10.2 Å². The van der Waals surface area contributed by atoms with Crippen molar-refractivity contribution >= 4 is 33.1 Å². The van der Waals surface area contributed by atoms with Crippen molar-refractivity contribution in [3.05, 3.63) is 57.6 Å². The summed E-state index contributed by atoms with van der Waals surface area (Å²) in [6, 6.07) is 5.41. The van der Waals surface area contributed by atoms with Crippen molar-refractivity contribution in [2.24, 2.45) is 0 Å². The number of nitrogens with zero attached hydrogens (tertiary/aromatic N) is 1. The average molecular weight is 347 g/mol. The molecule has 124 valence electrons. The highest BCUT2D eigenvalue weighted by molar-refractivity contribution is 7.21. The fourth-order valence-corrected chi connectivity index (χ4v) is 3.68. The highest BCUT2D eigenvalue weighted by Gasteiger charge is 2.18. The number of anilines is 1. The summed E-state index contributed by atoms with van der Waals surface area (Å²) in [5, 5.41) is 3.45. The van der Waals surface area contributed by atoms with E-state index in [1.807, 2.05) is 19.9 Å². The number of hydrogen-bond donors (Lipinski definition) is 2. The molecule has 0 unspecified atom stereocenters. The molecule has 3 rings (SSSR count). The number of pyridine rings is 1. The van der Waals surface area contributed by atoms with Crippen LogP contribution in [0.5, 0.6) is 0 Å². The van der Waals surface area contributed by atoms with E-state index >= 15 is 0 Å². The lowest BCUT2D eigenvalue weighted by molar-refractivity contribution is 0.0956. The summed E-state index contributed by atoms with van der Waals surface area (Å²) in [6.45, 7) is 3.88. The Labute approximate surface area is 141 Å². The van der Waals surface area contributed by atoms with Crippen LogP contribution in [0.1, 0.15) is 26.5 Å². The maximum Gasteiger partial charge on any atom is 0.263 e. The number of aromatic nitrogens is 1. The highest BCUT2D eigenvalue weighted by Crippen LogP contribution is 2.34. The van der Waals surface area contributed by atoms with Crippen LogP contribution in [0.2, 0.25) is 0 Å². The molecule has 0 aliphatic heterocycles. The fraction of sp³-hybridized carbons (Fsp3) is 0.176. The summed E-state index contributed by atoms with van der Waals surface area (Å²) in [7, 11) is 0. The van der Waals surface area contributed by atoms with Gasteiger partial charge in [-0.25, -0.2) is 13.8 Å². The predicted molar refractivity (Wildman–Crippen MR) is 91.0 cm³/mol. The Hall–Kier alpha value is -2.54. The standard InChI is InChI=1S/C17H15F2N3OS/c1-8-5-9(2)22-17-13(8)14(20)15(24-17)16(23)21-7-10-3-4-11(18)12(19)6-10/h3-6H,7,20H2,1-2H3,(H,21,23). The van der Waals surface area contributed by atoms with Crippen LogP contribution in [0.3, 0.4) is 0 Å². The predicted octanol–water partition coefficient (Wildman–Crippen LogP) is 3.70. The van der Waals surface area contributed by atoms with E-state index in [1.165, 1.54) is 17.4 Å². The molecule has 1 aromatic carbocycles. The molecule has 0 aliphatic carbocycles. The molecule has 3 N–H and O–H groups in total. The molecule has 24 heavy (non-hydrogen) atoms. The highest BCUT2D eigenvalue weighted by atomic mass is 32.1. The lowest BCUT2D eigenvalue weighted by Gasteiger charge is -2.05. The SMILES string of the molecule is Cc1cc(C)c2c(N)c(C(=O)NCc3ccc(F)c(F)c3)sc2n1. The van der Waals surface area contributed by atoms with Gasteiger partial charge in [0.1, 0.15) is 9.71 Å². The average Bonchev–Trinajstić information content (AvgIpc) is 2.85. The normalized spacial score (nSPS) is 11.0. The summed E-state index contributed by atoms with van der Waals surface area (Å²) in [6.07, 6.45) is 0. The summed E-state index contributed by atoms with van der Waals surface area (Å²) < 4.78 is 26.1. The molecule has 2 aromatic heterocycles. The quantitative estimate of drug-likeness (QED) is 0.759. The maximum absolute atomic E-state index is 13.2. The molecule has 0 atom stereocenters. The van der Waals surface area contributed by atoms with E-state index in [-0.39, 0.29) is 12.5 Å². The minimum atomic E-state index is -0.946. The molecule has 0 radical (unpaired) electrons. The van der Waals surface area contributed by atoms with Crippen molar-refractivity contribution in [3.63, 3.8) is 0 Å². The maximum atomic E-state index is 13.2. The fourth-order valence-electron chi connectivity index (χ4n) is 2.55. The first kappa shape index (κ1) is 16.3. The number of nitrogens with two attached hydrogens (primary N) is 1. The van der Waals surface area contributed by atoms with Gasteiger partial charge in [-0.15, -0.1) is 11.3 Å². The lowest BCUT2D eigenvalue weighted by Crippen LogP contribution is -2.22. The molecule has 0 spiro atoms. The Bertz CT molecular complexity index is 953. The number of nitrogen functional groups attached to an aromatic ring is 1. The van der Waals surface area contributed by atoms with Gasteiger partial charge < -0.3 is 11.1 Å². The van der Waals surface area contributed by atoms with E-state index in [1.54, 1.807) is 0 Å². The van der Waals surface area contributed by atoms with E-state index in [4.69, 9.17) is 5.73 Å². The van der Waals surface area contributed by atoms with Crippen molar-refractivity contribution in [1.29, 1.82) is 0 Å². The molecule has 0 fully saturated rings. The monoisotopic (exact) mass is 347 g/mol. The van der Waals surface area contributed by atoms with E-state index in [0.29, 0.717) is 21.0 Å². The Morgan fingerprint density at radius 2 is 2.00 bits per heavy atom. The number of aryl methyl sites for hydroxylation is 2. The number of hydrogen-bond acceptors (Lipinski definition) is 4. The molecule has 0 saturated carbocycles. The van der Waals surface area contributed by atoms with Crippen LogP contribution in [-0.4, -0.2) is 10.9 Å². The first-order valence-electron chi connectivity index (χ1n) is 7.25. The summed E-state index contributed by atoms with van der Waals surface area (Å²) in [5.41, 5.74) is 8.78. The molecular formula is C17H15F2N3OS. The molecule has 7 heteroatoms. The van der Waals surface area contributed by atoms with Gasteiger partial charge in [-0.05, 0) is 43.2 Å². The number of halogens is 2. The van der Waals surface area contributed by atoms with Gasteiger partial charge in [0.2, 0.25) is 0 Å². The third-order valence-corrected chi connectivity index (χ3v) is 4.77. The van der Waals surface area contributed by atoms with E-state index in [9.17, 15) is 13.6 Å². The van der Waals surface area contributed by atoms with Gasteiger partial charge in [-0.2, -0.15) is 0 Å². The number of thiophene rings is 1. The van der Waals surface area contributed by atoms with Crippen LogP contribution in [0.4, 0.5) is 14.5 Å².